The van der Waals surface area contributed by atoms with Gasteiger partial charge >= 0.3 is 5.97 Å². The first-order valence-electron chi connectivity index (χ1n) is 7.83. The molecule has 1 unspecified atom stereocenters. The summed E-state index contributed by atoms with van der Waals surface area (Å²) in [6, 6.07) is 7.78. The second-order valence-electron chi connectivity index (χ2n) is 6.09. The minimum absolute atomic E-state index is 0.0802. The third-order valence-corrected chi connectivity index (χ3v) is 3.98. The molecule has 6 heteroatoms. The van der Waals surface area contributed by atoms with Crippen LogP contribution in [0.25, 0.3) is 0 Å². The highest BCUT2D eigenvalue weighted by atomic mass is 16.5. The molecule has 1 atom stereocenters. The van der Waals surface area contributed by atoms with Crippen molar-refractivity contribution in [3.63, 3.8) is 0 Å². The van der Waals surface area contributed by atoms with Crippen LogP contribution in [0.3, 0.4) is 0 Å². The molecule has 0 saturated carbocycles. The van der Waals surface area contributed by atoms with Gasteiger partial charge in [-0.2, -0.15) is 0 Å². The van der Waals surface area contributed by atoms with Gasteiger partial charge in [-0.15, -0.1) is 0 Å². The van der Waals surface area contributed by atoms with Crippen LogP contribution in [-0.4, -0.2) is 67.1 Å². The Hall–Kier alpha value is -2.08. The molecule has 1 aromatic carbocycles. The number of ether oxygens (including phenoxy) is 1. The molecule has 1 aliphatic heterocycles. The minimum atomic E-state index is -0.895. The van der Waals surface area contributed by atoms with E-state index in [4.69, 9.17) is 9.84 Å². The number of likely N-dealkylation sites (tertiary alicyclic amines) is 1. The van der Waals surface area contributed by atoms with Crippen LogP contribution in [0.4, 0.5) is 0 Å². The maximum atomic E-state index is 11.9. The van der Waals surface area contributed by atoms with Gasteiger partial charge in [-0.1, -0.05) is 18.2 Å². The highest BCUT2D eigenvalue weighted by Gasteiger charge is 2.33. The Morgan fingerprint density at radius 2 is 2.13 bits per heavy atom. The molecule has 1 heterocycles. The molecule has 0 aromatic heterocycles. The average Bonchev–Trinajstić information content (AvgIpc) is 2.87. The molecule has 1 saturated heterocycles. The molecule has 1 N–H and O–H groups in total. The third kappa shape index (κ3) is 4.96. The molecule has 0 radical (unpaired) electrons. The molecule has 1 fully saturated rings. The lowest BCUT2D eigenvalue weighted by atomic mass is 10.1. The lowest BCUT2D eigenvalue weighted by molar-refractivity contribution is -0.141. The first-order chi connectivity index (χ1) is 11.0. The van der Waals surface area contributed by atoms with Gasteiger partial charge < -0.3 is 19.6 Å². The molecule has 0 spiro atoms. The van der Waals surface area contributed by atoms with Gasteiger partial charge in [-0.05, 0) is 32.1 Å². The van der Waals surface area contributed by atoms with Gasteiger partial charge in [-0.25, -0.2) is 0 Å². The molecular weight excluding hydrogens is 296 g/mol. The second kappa shape index (κ2) is 7.97. The van der Waals surface area contributed by atoms with Crippen LogP contribution >= 0.6 is 0 Å². The summed E-state index contributed by atoms with van der Waals surface area (Å²) in [4.78, 5) is 26.5. The molecule has 1 aromatic rings. The van der Waals surface area contributed by atoms with Crippen LogP contribution in [0.1, 0.15) is 12.0 Å². The van der Waals surface area contributed by atoms with Crippen molar-refractivity contribution < 1.29 is 19.4 Å². The van der Waals surface area contributed by atoms with E-state index in [0.717, 1.165) is 17.9 Å². The normalized spacial score (nSPS) is 17.8. The van der Waals surface area contributed by atoms with Gasteiger partial charge in [0.1, 0.15) is 12.4 Å². The lowest BCUT2D eigenvalue weighted by Gasteiger charge is -2.18. The zero-order valence-electron chi connectivity index (χ0n) is 13.7. The van der Waals surface area contributed by atoms with E-state index in [0.29, 0.717) is 26.1 Å². The fourth-order valence-corrected chi connectivity index (χ4v) is 2.60. The number of amides is 1. The van der Waals surface area contributed by atoms with Gasteiger partial charge in [-0.3, -0.25) is 9.59 Å². The monoisotopic (exact) mass is 320 g/mol. The first kappa shape index (κ1) is 17.3. The predicted molar refractivity (Wildman–Crippen MR) is 86.5 cm³/mol. The summed E-state index contributed by atoms with van der Waals surface area (Å²) in [5.74, 6) is -0.721. The molecular formula is C17H24N2O4. The fraction of sp³-hybridized carbons (Fsp3) is 0.529. The number of carboxylic acid groups (broad SMARTS) is 1. The highest BCUT2D eigenvalue weighted by molar-refractivity contribution is 5.86. The van der Waals surface area contributed by atoms with E-state index in [1.807, 2.05) is 38.4 Å². The Bertz CT molecular complexity index is 559. The molecule has 0 bridgehead atoms. The van der Waals surface area contributed by atoms with Crippen LogP contribution < -0.4 is 4.74 Å². The molecule has 0 aliphatic carbocycles. The van der Waals surface area contributed by atoms with Gasteiger partial charge in [0, 0.05) is 26.1 Å². The molecule has 1 aliphatic rings. The number of rotatable bonds is 8. The summed E-state index contributed by atoms with van der Waals surface area (Å²) < 4.78 is 5.81. The highest BCUT2D eigenvalue weighted by Crippen LogP contribution is 2.22. The van der Waals surface area contributed by atoms with Crippen molar-refractivity contribution in [2.24, 2.45) is 5.92 Å². The third-order valence-electron chi connectivity index (χ3n) is 3.98. The van der Waals surface area contributed by atoms with Gasteiger partial charge in [0.05, 0.1) is 5.92 Å². The molecule has 1 amide bonds. The Kier molecular flexibility index (Phi) is 5.98. The summed E-state index contributed by atoms with van der Waals surface area (Å²) in [5.41, 5.74) is 1.04. The van der Waals surface area contributed by atoms with Crippen LogP contribution in [0, 0.1) is 5.92 Å². The standard InChI is InChI=1S/C17H24N2O4/c1-18(2)9-10-23-15-6-4-3-5-13(15)7-8-19-12-14(17(21)22)11-16(19)20/h3-6,14H,7-12H2,1-2H3,(H,21,22). The number of hydrogen-bond acceptors (Lipinski definition) is 4. The van der Waals surface area contributed by atoms with E-state index in [1.54, 1.807) is 4.90 Å². The van der Waals surface area contributed by atoms with Gasteiger partial charge in [0.2, 0.25) is 5.91 Å². The number of benzene rings is 1. The van der Waals surface area contributed by atoms with Crippen molar-refractivity contribution >= 4 is 11.9 Å². The SMILES string of the molecule is CN(C)CCOc1ccccc1CCN1CC(C(=O)O)CC1=O. The van der Waals surface area contributed by atoms with E-state index < -0.39 is 11.9 Å². The molecule has 2 rings (SSSR count). The Balaban J connectivity index is 1.90. The number of hydrogen-bond donors (Lipinski definition) is 1. The zero-order chi connectivity index (χ0) is 16.8. The summed E-state index contributed by atoms with van der Waals surface area (Å²) in [7, 11) is 3.99. The number of para-hydroxylation sites is 1. The number of carbonyl (C=O) groups excluding carboxylic acids is 1. The van der Waals surface area contributed by atoms with Crippen molar-refractivity contribution in [3.8, 4) is 5.75 Å². The van der Waals surface area contributed by atoms with Gasteiger partial charge in [0.15, 0.2) is 0 Å². The number of carbonyl (C=O) groups is 2. The maximum Gasteiger partial charge on any atom is 0.308 e. The summed E-state index contributed by atoms with van der Waals surface area (Å²) >= 11 is 0. The zero-order valence-corrected chi connectivity index (χ0v) is 13.7. The van der Waals surface area contributed by atoms with E-state index in [2.05, 4.69) is 4.90 Å². The fourth-order valence-electron chi connectivity index (χ4n) is 2.60. The lowest BCUT2D eigenvalue weighted by Crippen LogP contribution is -2.28. The van der Waals surface area contributed by atoms with Crippen molar-refractivity contribution in [2.75, 3.05) is 40.3 Å². The average molecular weight is 320 g/mol. The molecule has 23 heavy (non-hydrogen) atoms. The number of nitrogens with zero attached hydrogens (tertiary/aromatic N) is 2. The minimum Gasteiger partial charge on any atom is -0.492 e. The van der Waals surface area contributed by atoms with E-state index in [9.17, 15) is 9.59 Å². The Morgan fingerprint density at radius 3 is 2.78 bits per heavy atom. The summed E-state index contributed by atoms with van der Waals surface area (Å²) in [6.07, 6.45) is 0.770. The maximum absolute atomic E-state index is 11.9. The van der Waals surface area contributed by atoms with Gasteiger partial charge in [0.25, 0.3) is 0 Å². The van der Waals surface area contributed by atoms with Crippen molar-refractivity contribution in [1.82, 2.24) is 9.80 Å². The second-order valence-corrected chi connectivity index (χ2v) is 6.09. The van der Waals surface area contributed by atoms with Crippen LogP contribution in [0.5, 0.6) is 5.75 Å². The van der Waals surface area contributed by atoms with E-state index in [-0.39, 0.29) is 12.3 Å². The Labute approximate surface area is 136 Å². The Morgan fingerprint density at radius 1 is 1.39 bits per heavy atom. The van der Waals surface area contributed by atoms with E-state index in [1.165, 1.54) is 0 Å². The topological polar surface area (TPSA) is 70.1 Å². The molecule has 126 valence electrons. The van der Waals surface area contributed by atoms with E-state index >= 15 is 0 Å². The number of carboxylic acids is 1. The number of likely N-dealkylation sites (N-methyl/N-ethyl adjacent to an activating group) is 1. The predicted octanol–water partition coefficient (Wildman–Crippen LogP) is 1.10. The summed E-state index contributed by atoms with van der Waals surface area (Å²) in [5, 5.41) is 9.02. The van der Waals surface area contributed by atoms with Crippen LogP contribution in [0.15, 0.2) is 24.3 Å². The quantitative estimate of drug-likeness (QED) is 0.777. The van der Waals surface area contributed by atoms with Crippen LogP contribution in [0.2, 0.25) is 0 Å². The largest absolute Gasteiger partial charge is 0.492 e. The van der Waals surface area contributed by atoms with Crippen LogP contribution in [-0.2, 0) is 16.0 Å². The van der Waals surface area contributed by atoms with Crippen molar-refractivity contribution in [3.05, 3.63) is 29.8 Å². The smallest absolute Gasteiger partial charge is 0.308 e. The summed E-state index contributed by atoms with van der Waals surface area (Å²) in [6.45, 7) is 2.27. The first-order valence-corrected chi connectivity index (χ1v) is 7.83. The van der Waals surface area contributed by atoms with Crippen molar-refractivity contribution in [1.29, 1.82) is 0 Å². The molecule has 6 nitrogen and oxygen atoms in total. The van der Waals surface area contributed by atoms with Crippen molar-refractivity contribution in [2.45, 2.75) is 12.8 Å². The number of aliphatic carboxylic acids is 1.